The van der Waals surface area contributed by atoms with E-state index in [4.69, 9.17) is 9.40 Å². The third-order valence-electron chi connectivity index (χ3n) is 9.27. The fraction of sp³-hybridized carbons (Fsp3) is 0.0750. The number of aromatic nitrogens is 2. The zero-order chi connectivity index (χ0) is 30.1. The standard InChI is InChI=1S/C40H30N4O/c1-43-35-15-5-3-13-33(35)41-39(43)27-21-17-25(18-22-27)29-9-7-11-31-32-12-8-10-30(38(32)45-37(29)31)26-19-23-28(24-20-26)40-42-34-14-4-6-16-36(34)44(40)2/h3-24,39,41H,1-2H3. The van der Waals surface area contributed by atoms with Crippen LogP contribution in [-0.4, -0.2) is 16.6 Å². The third kappa shape index (κ3) is 3.97. The number of imidazole rings is 1. The highest BCUT2D eigenvalue weighted by atomic mass is 16.3. The first-order chi connectivity index (χ1) is 22.1. The molecule has 0 saturated carbocycles. The first kappa shape index (κ1) is 25.7. The van der Waals surface area contributed by atoms with E-state index in [1.807, 2.05) is 6.07 Å². The number of aryl methyl sites for hydroxylation is 1. The van der Waals surface area contributed by atoms with Crippen LogP contribution in [0.5, 0.6) is 0 Å². The van der Waals surface area contributed by atoms with Crippen LogP contribution in [0.1, 0.15) is 11.7 Å². The number of nitrogens with one attached hydrogen (secondary N) is 1. The molecule has 0 amide bonds. The van der Waals surface area contributed by atoms with Gasteiger partial charge in [-0.2, -0.15) is 0 Å². The Morgan fingerprint density at radius 3 is 1.87 bits per heavy atom. The Bertz CT molecular complexity index is 2380. The molecule has 216 valence electrons. The van der Waals surface area contributed by atoms with Gasteiger partial charge in [0.25, 0.3) is 0 Å². The van der Waals surface area contributed by atoms with Gasteiger partial charge in [0.1, 0.15) is 23.2 Å². The SMILES string of the molecule is CN1c2ccccc2NC1c1ccc(-c2cccc3c2oc2c(-c4ccc(-c5nc6ccccc6n5C)cc4)cccc23)cc1. The number of para-hydroxylation sites is 6. The van der Waals surface area contributed by atoms with E-state index in [1.54, 1.807) is 0 Å². The Morgan fingerprint density at radius 2 is 1.20 bits per heavy atom. The van der Waals surface area contributed by atoms with Crippen LogP contribution in [0, 0.1) is 0 Å². The van der Waals surface area contributed by atoms with Crippen LogP contribution in [0.15, 0.2) is 138 Å². The van der Waals surface area contributed by atoms with Crippen molar-refractivity contribution in [3.05, 3.63) is 139 Å². The minimum atomic E-state index is 0.101. The number of nitrogens with zero attached hydrogens (tertiary/aromatic N) is 3. The third-order valence-corrected chi connectivity index (χ3v) is 9.27. The van der Waals surface area contributed by atoms with Crippen molar-refractivity contribution in [1.82, 2.24) is 9.55 Å². The van der Waals surface area contributed by atoms with Gasteiger partial charge in [0.05, 0.1) is 22.4 Å². The largest absolute Gasteiger partial charge is 0.455 e. The number of rotatable bonds is 4. The molecule has 6 aromatic carbocycles. The van der Waals surface area contributed by atoms with Crippen molar-refractivity contribution in [1.29, 1.82) is 0 Å². The van der Waals surface area contributed by atoms with Crippen LogP contribution in [0.3, 0.4) is 0 Å². The molecule has 1 aliphatic rings. The highest BCUT2D eigenvalue weighted by Gasteiger charge is 2.26. The van der Waals surface area contributed by atoms with Crippen LogP contribution in [0.2, 0.25) is 0 Å². The van der Waals surface area contributed by atoms with Gasteiger partial charge in [-0.25, -0.2) is 4.98 Å². The predicted octanol–water partition coefficient (Wildman–Crippen LogP) is 10.0. The molecule has 5 heteroatoms. The fourth-order valence-electron chi connectivity index (χ4n) is 6.92. The number of anilines is 2. The summed E-state index contributed by atoms with van der Waals surface area (Å²) in [6, 6.07) is 47.0. The lowest BCUT2D eigenvalue weighted by Crippen LogP contribution is -2.23. The van der Waals surface area contributed by atoms with E-state index in [9.17, 15) is 0 Å². The molecule has 0 spiro atoms. The number of furan rings is 1. The first-order valence-corrected chi connectivity index (χ1v) is 15.3. The summed E-state index contributed by atoms with van der Waals surface area (Å²) in [5.74, 6) is 0.959. The van der Waals surface area contributed by atoms with Gasteiger partial charge in [0.2, 0.25) is 0 Å². The molecular weight excluding hydrogens is 552 g/mol. The number of hydrogen-bond donors (Lipinski definition) is 1. The van der Waals surface area contributed by atoms with Crippen molar-refractivity contribution in [2.75, 3.05) is 17.3 Å². The minimum Gasteiger partial charge on any atom is -0.455 e. The Labute approximate surface area is 261 Å². The van der Waals surface area contributed by atoms with E-state index in [0.29, 0.717) is 0 Å². The molecule has 5 nitrogen and oxygen atoms in total. The molecule has 0 aliphatic carbocycles. The van der Waals surface area contributed by atoms with E-state index in [1.165, 1.54) is 11.3 Å². The van der Waals surface area contributed by atoms with E-state index >= 15 is 0 Å². The van der Waals surface area contributed by atoms with Crippen molar-refractivity contribution in [3.8, 4) is 33.6 Å². The number of fused-ring (bicyclic) bond motifs is 5. The monoisotopic (exact) mass is 582 g/mol. The maximum atomic E-state index is 6.75. The van der Waals surface area contributed by atoms with Crippen LogP contribution < -0.4 is 10.2 Å². The van der Waals surface area contributed by atoms with Crippen LogP contribution in [0.25, 0.3) is 66.6 Å². The average molecular weight is 583 g/mol. The summed E-state index contributed by atoms with van der Waals surface area (Å²) >= 11 is 0. The molecule has 1 unspecified atom stereocenters. The maximum Gasteiger partial charge on any atom is 0.143 e. The molecule has 1 N–H and O–H groups in total. The molecule has 1 aliphatic heterocycles. The van der Waals surface area contributed by atoms with Gasteiger partial charge in [0, 0.05) is 41.6 Å². The molecule has 0 saturated heterocycles. The summed E-state index contributed by atoms with van der Waals surface area (Å²) in [5.41, 5.74) is 13.1. The summed E-state index contributed by atoms with van der Waals surface area (Å²) < 4.78 is 8.90. The minimum absolute atomic E-state index is 0.101. The second-order valence-electron chi connectivity index (χ2n) is 11.8. The number of benzene rings is 6. The summed E-state index contributed by atoms with van der Waals surface area (Å²) in [6.45, 7) is 0. The fourth-order valence-corrected chi connectivity index (χ4v) is 6.92. The molecule has 1 atom stereocenters. The smallest absolute Gasteiger partial charge is 0.143 e. The number of hydrogen-bond acceptors (Lipinski definition) is 4. The zero-order valence-corrected chi connectivity index (χ0v) is 25.0. The average Bonchev–Trinajstić information content (AvgIpc) is 3.76. The Kier molecular flexibility index (Phi) is 5.62. The summed E-state index contributed by atoms with van der Waals surface area (Å²) in [5, 5.41) is 5.90. The summed E-state index contributed by atoms with van der Waals surface area (Å²) in [6.07, 6.45) is 0.101. The van der Waals surface area contributed by atoms with E-state index < -0.39 is 0 Å². The highest BCUT2D eigenvalue weighted by Crippen LogP contribution is 2.42. The van der Waals surface area contributed by atoms with Crippen molar-refractivity contribution < 1.29 is 4.42 Å². The molecular formula is C40H30N4O. The Hall–Kier alpha value is -5.81. The van der Waals surface area contributed by atoms with Crippen molar-refractivity contribution in [2.45, 2.75) is 6.17 Å². The van der Waals surface area contributed by atoms with Gasteiger partial charge >= 0.3 is 0 Å². The summed E-state index contributed by atoms with van der Waals surface area (Å²) in [4.78, 5) is 7.17. The van der Waals surface area contributed by atoms with Gasteiger partial charge in [-0.15, -0.1) is 0 Å². The lowest BCUT2D eigenvalue weighted by Gasteiger charge is -2.22. The lowest BCUT2D eigenvalue weighted by molar-refractivity contribution is 0.671. The van der Waals surface area contributed by atoms with Gasteiger partial charge in [-0.05, 0) is 41.0 Å². The van der Waals surface area contributed by atoms with E-state index in [0.717, 1.165) is 72.3 Å². The molecule has 3 heterocycles. The van der Waals surface area contributed by atoms with Crippen molar-refractivity contribution >= 4 is 44.3 Å². The van der Waals surface area contributed by atoms with Crippen LogP contribution in [0.4, 0.5) is 11.4 Å². The lowest BCUT2D eigenvalue weighted by atomic mass is 9.99. The van der Waals surface area contributed by atoms with Crippen molar-refractivity contribution in [2.24, 2.45) is 7.05 Å². The Balaban J connectivity index is 1.07. The second-order valence-corrected chi connectivity index (χ2v) is 11.8. The predicted molar refractivity (Wildman–Crippen MR) is 186 cm³/mol. The molecule has 0 fully saturated rings. The topological polar surface area (TPSA) is 46.2 Å². The van der Waals surface area contributed by atoms with Gasteiger partial charge in [-0.1, -0.05) is 109 Å². The van der Waals surface area contributed by atoms with E-state index in [-0.39, 0.29) is 6.17 Å². The molecule has 0 bridgehead atoms. The normalized spacial score (nSPS) is 14.4. The zero-order valence-electron chi connectivity index (χ0n) is 25.0. The highest BCUT2D eigenvalue weighted by molar-refractivity contribution is 6.13. The van der Waals surface area contributed by atoms with Gasteiger partial charge in [0.15, 0.2) is 0 Å². The van der Waals surface area contributed by atoms with Crippen LogP contribution in [-0.2, 0) is 7.05 Å². The van der Waals surface area contributed by atoms with Crippen molar-refractivity contribution in [3.63, 3.8) is 0 Å². The van der Waals surface area contributed by atoms with E-state index in [2.05, 4.69) is 156 Å². The molecule has 0 radical (unpaired) electrons. The second kappa shape index (κ2) is 9.86. The Morgan fingerprint density at radius 1 is 0.600 bits per heavy atom. The molecule has 45 heavy (non-hydrogen) atoms. The summed E-state index contributed by atoms with van der Waals surface area (Å²) in [7, 11) is 4.21. The quantitative estimate of drug-likeness (QED) is 0.224. The van der Waals surface area contributed by atoms with Gasteiger partial charge in [-0.3, -0.25) is 0 Å². The van der Waals surface area contributed by atoms with Gasteiger partial charge < -0.3 is 19.2 Å². The molecule has 2 aromatic heterocycles. The van der Waals surface area contributed by atoms with Crippen LogP contribution >= 0.6 is 0 Å². The molecule has 9 rings (SSSR count). The first-order valence-electron chi connectivity index (χ1n) is 15.3. The maximum absolute atomic E-state index is 6.75. The molecule has 8 aromatic rings.